The Kier molecular flexibility index (Phi) is 6.25. The molecular weight excluding hydrogens is 412 g/mol. The summed E-state index contributed by atoms with van der Waals surface area (Å²) < 4.78 is 18.9. The Morgan fingerprint density at radius 2 is 2.03 bits per heavy atom. The number of likely N-dealkylation sites (tertiary alicyclic amines) is 1. The molecule has 0 radical (unpaired) electrons. The number of para-hydroxylation sites is 2. The number of nitrogens with one attached hydrogen (secondary N) is 1. The second kappa shape index (κ2) is 9.10. The minimum atomic E-state index is -0.559. The fraction of sp³-hybridized carbons (Fsp3) is 0.522. The number of ether oxygens (including phenoxy) is 3. The number of nitrogens with zero attached hydrogens (tertiary/aromatic N) is 3. The normalized spacial score (nSPS) is 20.5. The predicted molar refractivity (Wildman–Crippen MR) is 118 cm³/mol. The van der Waals surface area contributed by atoms with Gasteiger partial charge < -0.3 is 24.4 Å². The molecule has 2 aliphatic heterocycles. The van der Waals surface area contributed by atoms with Gasteiger partial charge in [0.1, 0.15) is 12.2 Å². The van der Waals surface area contributed by atoms with E-state index in [0.29, 0.717) is 31.9 Å². The van der Waals surface area contributed by atoms with E-state index in [0.717, 1.165) is 24.3 Å². The molecule has 0 saturated carbocycles. The van der Waals surface area contributed by atoms with Crippen molar-refractivity contribution >= 4 is 17.7 Å². The summed E-state index contributed by atoms with van der Waals surface area (Å²) in [6, 6.07) is 7.56. The van der Waals surface area contributed by atoms with Crippen LogP contribution in [0.1, 0.15) is 33.6 Å². The van der Waals surface area contributed by atoms with Crippen molar-refractivity contribution in [3.05, 3.63) is 36.7 Å². The van der Waals surface area contributed by atoms with Crippen LogP contribution < -0.4 is 14.8 Å². The van der Waals surface area contributed by atoms with Crippen LogP contribution in [0, 0.1) is 5.92 Å². The van der Waals surface area contributed by atoms with Crippen molar-refractivity contribution in [3.63, 3.8) is 0 Å². The van der Waals surface area contributed by atoms with Gasteiger partial charge in [-0.15, -0.1) is 0 Å². The zero-order chi connectivity index (χ0) is 22.7. The highest BCUT2D eigenvalue weighted by molar-refractivity contribution is 5.92. The van der Waals surface area contributed by atoms with Crippen LogP contribution >= 0.6 is 0 Å². The molecular formula is C23H30N4O5. The molecule has 9 nitrogen and oxygen atoms in total. The lowest BCUT2D eigenvalue weighted by molar-refractivity contribution is -0.121. The zero-order valence-corrected chi connectivity index (χ0v) is 18.7. The van der Waals surface area contributed by atoms with Gasteiger partial charge in [-0.25, -0.2) is 4.79 Å². The first-order chi connectivity index (χ1) is 15.3. The number of amides is 2. The van der Waals surface area contributed by atoms with Gasteiger partial charge in [-0.1, -0.05) is 12.1 Å². The maximum atomic E-state index is 12.8. The van der Waals surface area contributed by atoms with Crippen LogP contribution in [0.5, 0.6) is 11.5 Å². The van der Waals surface area contributed by atoms with Crippen molar-refractivity contribution in [1.29, 1.82) is 0 Å². The lowest BCUT2D eigenvalue weighted by Gasteiger charge is -2.33. The van der Waals surface area contributed by atoms with Crippen molar-refractivity contribution in [2.75, 3.05) is 25.0 Å². The van der Waals surface area contributed by atoms with Crippen molar-refractivity contribution in [2.45, 2.75) is 51.9 Å². The lowest BCUT2D eigenvalue weighted by atomic mass is 9.97. The van der Waals surface area contributed by atoms with Crippen molar-refractivity contribution in [3.8, 4) is 11.5 Å². The molecule has 0 unspecified atom stereocenters. The molecule has 3 heterocycles. The average molecular weight is 443 g/mol. The number of benzene rings is 1. The summed E-state index contributed by atoms with van der Waals surface area (Å²) in [5.41, 5.74) is 0.0530. The molecule has 1 aromatic heterocycles. The molecule has 2 amide bonds. The van der Waals surface area contributed by atoms with Crippen LogP contribution in [0.15, 0.2) is 36.7 Å². The second-order valence-electron chi connectivity index (χ2n) is 9.20. The summed E-state index contributed by atoms with van der Waals surface area (Å²) in [6.07, 6.45) is 4.33. The number of rotatable bonds is 4. The summed E-state index contributed by atoms with van der Waals surface area (Å²) in [7, 11) is 0. The monoisotopic (exact) mass is 442 g/mol. The summed E-state index contributed by atoms with van der Waals surface area (Å²) in [5, 5.41) is 7.25. The van der Waals surface area contributed by atoms with Gasteiger partial charge in [0.2, 0.25) is 5.91 Å². The molecule has 2 aromatic rings. The lowest BCUT2D eigenvalue weighted by Crippen LogP contribution is -2.45. The minimum Gasteiger partial charge on any atom is -0.486 e. The number of hydrogen-bond acceptors (Lipinski definition) is 6. The Balaban J connectivity index is 1.29. The van der Waals surface area contributed by atoms with Gasteiger partial charge in [-0.05, 0) is 45.7 Å². The van der Waals surface area contributed by atoms with E-state index in [1.807, 2.05) is 45.0 Å². The number of anilines is 1. The highest BCUT2D eigenvalue weighted by Gasteiger charge is 2.31. The van der Waals surface area contributed by atoms with Crippen LogP contribution in [0.2, 0.25) is 0 Å². The molecule has 0 spiro atoms. The SMILES string of the molecule is CC(C)(C)OC(=O)N1CCC[C@H](C(=O)Nc2cnn(C[C@@H]3COc4ccccc4O3)c2)C1. The standard InChI is InChI=1S/C23H30N4O5/c1-23(2,3)32-22(29)26-10-6-7-16(12-26)21(28)25-17-11-24-27(13-17)14-18-15-30-19-8-4-5-9-20(19)31-18/h4-5,8-9,11,13,16,18H,6-7,10,12,14-15H2,1-3H3,(H,25,28)/t16-,18+/m0/s1. The van der Waals surface area contributed by atoms with Gasteiger partial charge in [0.15, 0.2) is 17.6 Å². The molecule has 1 saturated heterocycles. The smallest absolute Gasteiger partial charge is 0.410 e. The summed E-state index contributed by atoms with van der Waals surface area (Å²) in [4.78, 5) is 26.7. The Hall–Kier alpha value is -3.23. The summed E-state index contributed by atoms with van der Waals surface area (Å²) in [6.45, 7) is 7.38. The largest absolute Gasteiger partial charge is 0.486 e. The van der Waals surface area contributed by atoms with Crippen LogP contribution in [-0.2, 0) is 16.1 Å². The maximum absolute atomic E-state index is 12.8. The average Bonchev–Trinajstić information content (AvgIpc) is 3.19. The molecule has 9 heteroatoms. The van der Waals surface area contributed by atoms with Crippen LogP contribution in [-0.4, -0.2) is 58.1 Å². The molecule has 2 aliphatic rings. The third-order valence-electron chi connectivity index (χ3n) is 5.30. The van der Waals surface area contributed by atoms with E-state index in [2.05, 4.69) is 10.4 Å². The van der Waals surface area contributed by atoms with Gasteiger partial charge in [-0.3, -0.25) is 9.48 Å². The van der Waals surface area contributed by atoms with E-state index in [4.69, 9.17) is 14.2 Å². The van der Waals surface area contributed by atoms with Gasteiger partial charge in [-0.2, -0.15) is 5.10 Å². The third kappa shape index (κ3) is 5.52. The predicted octanol–water partition coefficient (Wildman–Crippen LogP) is 3.31. The fourth-order valence-electron chi connectivity index (χ4n) is 3.82. The topological polar surface area (TPSA) is 94.9 Å². The van der Waals surface area contributed by atoms with E-state index in [1.165, 1.54) is 0 Å². The number of piperidine rings is 1. The van der Waals surface area contributed by atoms with Crippen LogP contribution in [0.4, 0.5) is 10.5 Å². The van der Waals surface area contributed by atoms with Crippen molar-refractivity contribution < 1.29 is 23.8 Å². The molecule has 0 aliphatic carbocycles. The minimum absolute atomic E-state index is 0.121. The molecule has 1 N–H and O–H groups in total. The van der Waals surface area contributed by atoms with Gasteiger partial charge >= 0.3 is 6.09 Å². The first-order valence-electron chi connectivity index (χ1n) is 11.0. The van der Waals surface area contributed by atoms with Crippen molar-refractivity contribution in [1.82, 2.24) is 14.7 Å². The number of carbonyl (C=O) groups is 2. The van der Waals surface area contributed by atoms with Crippen molar-refractivity contribution in [2.24, 2.45) is 5.92 Å². The van der Waals surface area contributed by atoms with E-state index >= 15 is 0 Å². The maximum Gasteiger partial charge on any atom is 0.410 e. The first-order valence-corrected chi connectivity index (χ1v) is 11.0. The Morgan fingerprint density at radius 1 is 1.25 bits per heavy atom. The molecule has 32 heavy (non-hydrogen) atoms. The quantitative estimate of drug-likeness (QED) is 0.781. The summed E-state index contributed by atoms with van der Waals surface area (Å²) >= 11 is 0. The van der Waals surface area contributed by atoms with Gasteiger partial charge in [0.05, 0.1) is 24.3 Å². The van der Waals surface area contributed by atoms with Gasteiger partial charge in [0, 0.05) is 19.3 Å². The number of hydrogen-bond donors (Lipinski definition) is 1. The number of carbonyl (C=O) groups excluding carboxylic acids is 2. The molecule has 1 aromatic carbocycles. The zero-order valence-electron chi connectivity index (χ0n) is 18.7. The van der Waals surface area contributed by atoms with E-state index in [1.54, 1.807) is 22.0 Å². The molecule has 172 valence electrons. The molecule has 4 rings (SSSR count). The molecule has 2 atom stereocenters. The molecule has 1 fully saturated rings. The Bertz CT molecular complexity index is 967. The number of aromatic nitrogens is 2. The Morgan fingerprint density at radius 3 is 2.81 bits per heavy atom. The van der Waals surface area contributed by atoms with E-state index in [9.17, 15) is 9.59 Å². The Labute approximate surface area is 187 Å². The highest BCUT2D eigenvalue weighted by atomic mass is 16.6. The number of fused-ring (bicyclic) bond motifs is 1. The first kappa shape index (κ1) is 22.0. The molecule has 0 bridgehead atoms. The van der Waals surface area contributed by atoms with Gasteiger partial charge in [0.25, 0.3) is 0 Å². The van der Waals surface area contributed by atoms with Crippen LogP contribution in [0.25, 0.3) is 0 Å². The highest BCUT2D eigenvalue weighted by Crippen LogP contribution is 2.31. The fourth-order valence-corrected chi connectivity index (χ4v) is 3.82. The van der Waals surface area contributed by atoms with Crippen LogP contribution in [0.3, 0.4) is 0 Å². The summed E-state index contributed by atoms with van der Waals surface area (Å²) in [5.74, 6) is 1.05. The van der Waals surface area contributed by atoms with E-state index in [-0.39, 0.29) is 24.0 Å². The second-order valence-corrected chi connectivity index (χ2v) is 9.20. The van der Waals surface area contributed by atoms with E-state index < -0.39 is 5.60 Å². The third-order valence-corrected chi connectivity index (χ3v) is 5.30.